The van der Waals surface area contributed by atoms with Crippen LogP contribution in [0.5, 0.6) is 0 Å². The predicted octanol–water partition coefficient (Wildman–Crippen LogP) is 1.26. The quantitative estimate of drug-likeness (QED) is 0.599. The van der Waals surface area contributed by atoms with Gasteiger partial charge in [-0.05, 0) is 40.0 Å². The minimum atomic E-state index is -0.490. The van der Waals surface area contributed by atoms with Crippen LogP contribution in [0.25, 0.3) is 0 Å². The lowest BCUT2D eigenvalue weighted by atomic mass is 10.1. The molecule has 8 nitrogen and oxygen atoms in total. The van der Waals surface area contributed by atoms with Gasteiger partial charge in [-0.1, -0.05) is 0 Å². The van der Waals surface area contributed by atoms with Gasteiger partial charge in [-0.15, -0.1) is 0 Å². The Kier molecular flexibility index (Phi) is 7.11. The summed E-state index contributed by atoms with van der Waals surface area (Å²) in [5.41, 5.74) is 5.56. The highest BCUT2D eigenvalue weighted by Gasteiger charge is 2.26. The number of carbonyl (C=O) groups excluding carboxylic acids is 2. The van der Waals surface area contributed by atoms with E-state index in [9.17, 15) is 9.59 Å². The second-order valence-corrected chi connectivity index (χ2v) is 7.89. The Morgan fingerprint density at radius 1 is 0.923 bits per heavy atom. The number of carbonyl (C=O) groups is 2. The predicted molar refractivity (Wildman–Crippen MR) is 101 cm³/mol. The van der Waals surface area contributed by atoms with Crippen molar-refractivity contribution in [3.05, 3.63) is 0 Å². The van der Waals surface area contributed by atoms with E-state index in [1.165, 1.54) is 6.42 Å². The number of ether oxygens (including phenoxy) is 1. The fraction of sp³-hybridized carbons (Fsp3) is 0.833. The number of aliphatic imine (C=N–C) groups is 1. The highest BCUT2D eigenvalue weighted by molar-refractivity contribution is 5.80. The van der Waals surface area contributed by atoms with Crippen molar-refractivity contribution in [2.24, 2.45) is 10.7 Å². The van der Waals surface area contributed by atoms with Crippen molar-refractivity contribution < 1.29 is 14.3 Å². The molecule has 0 spiro atoms. The largest absolute Gasteiger partial charge is 0.444 e. The monoisotopic (exact) mass is 367 g/mol. The van der Waals surface area contributed by atoms with Crippen LogP contribution >= 0.6 is 0 Å². The van der Waals surface area contributed by atoms with Crippen molar-refractivity contribution in [3.8, 4) is 0 Å². The molecule has 0 bridgehead atoms. The Balaban J connectivity index is 1.71. The van der Waals surface area contributed by atoms with Gasteiger partial charge >= 0.3 is 6.09 Å². The molecule has 2 fully saturated rings. The zero-order chi connectivity index (χ0) is 19.2. The first kappa shape index (κ1) is 20.3. The lowest BCUT2D eigenvalue weighted by molar-refractivity contribution is -0.131. The Labute approximate surface area is 156 Å². The molecule has 26 heavy (non-hydrogen) atoms. The number of hydrogen-bond acceptors (Lipinski definition) is 4. The Hall–Kier alpha value is -1.99. The van der Waals surface area contributed by atoms with Crippen molar-refractivity contribution in [1.29, 1.82) is 0 Å². The van der Waals surface area contributed by atoms with Gasteiger partial charge in [0.05, 0.1) is 6.54 Å². The minimum Gasteiger partial charge on any atom is -0.444 e. The minimum absolute atomic E-state index is 0.163. The summed E-state index contributed by atoms with van der Waals surface area (Å²) in [6.07, 6.45) is 3.51. The zero-order valence-corrected chi connectivity index (χ0v) is 16.4. The third-order valence-corrected chi connectivity index (χ3v) is 4.56. The van der Waals surface area contributed by atoms with Gasteiger partial charge in [0.15, 0.2) is 5.96 Å². The van der Waals surface area contributed by atoms with Crippen LogP contribution in [-0.4, -0.2) is 84.1 Å². The highest BCUT2D eigenvalue weighted by Crippen LogP contribution is 2.12. The van der Waals surface area contributed by atoms with E-state index in [0.717, 1.165) is 25.9 Å². The molecule has 2 aliphatic heterocycles. The lowest BCUT2D eigenvalue weighted by Gasteiger charge is -2.36. The normalized spacial score (nSPS) is 19.5. The fourth-order valence-corrected chi connectivity index (χ4v) is 3.11. The van der Waals surface area contributed by atoms with E-state index in [2.05, 4.69) is 4.99 Å². The molecule has 2 amide bonds. The summed E-state index contributed by atoms with van der Waals surface area (Å²) in [4.78, 5) is 34.1. The van der Waals surface area contributed by atoms with Crippen LogP contribution in [0.15, 0.2) is 4.99 Å². The Morgan fingerprint density at radius 3 is 2.08 bits per heavy atom. The van der Waals surface area contributed by atoms with Crippen LogP contribution in [0.1, 0.15) is 46.5 Å². The number of piperazine rings is 1. The van der Waals surface area contributed by atoms with E-state index >= 15 is 0 Å². The molecule has 0 aromatic carbocycles. The summed E-state index contributed by atoms with van der Waals surface area (Å²) < 4.78 is 5.39. The number of piperidine rings is 1. The van der Waals surface area contributed by atoms with Gasteiger partial charge in [0, 0.05) is 45.7 Å². The van der Waals surface area contributed by atoms with Gasteiger partial charge in [-0.2, -0.15) is 0 Å². The number of likely N-dealkylation sites (tertiary alicyclic amines) is 1. The molecule has 148 valence electrons. The van der Waals surface area contributed by atoms with E-state index in [1.54, 1.807) is 4.90 Å². The lowest BCUT2D eigenvalue weighted by Crippen LogP contribution is -2.53. The maximum absolute atomic E-state index is 12.1. The van der Waals surface area contributed by atoms with Crippen molar-refractivity contribution in [2.45, 2.75) is 52.1 Å². The summed E-state index contributed by atoms with van der Waals surface area (Å²) in [6, 6.07) is 0. The van der Waals surface area contributed by atoms with Gasteiger partial charge < -0.3 is 25.2 Å². The van der Waals surface area contributed by atoms with Gasteiger partial charge in [0.25, 0.3) is 0 Å². The molecule has 0 saturated carbocycles. The summed E-state index contributed by atoms with van der Waals surface area (Å²) in [5.74, 6) is 0.608. The van der Waals surface area contributed by atoms with Crippen molar-refractivity contribution in [1.82, 2.24) is 14.7 Å². The van der Waals surface area contributed by atoms with Crippen molar-refractivity contribution in [3.63, 3.8) is 0 Å². The van der Waals surface area contributed by atoms with E-state index in [1.807, 2.05) is 30.6 Å². The van der Waals surface area contributed by atoms with E-state index in [4.69, 9.17) is 10.5 Å². The molecule has 2 N–H and O–H groups in total. The highest BCUT2D eigenvalue weighted by atomic mass is 16.6. The maximum Gasteiger partial charge on any atom is 0.410 e. The first-order valence-electron chi connectivity index (χ1n) is 9.57. The molecular weight excluding hydrogens is 334 g/mol. The smallest absolute Gasteiger partial charge is 0.410 e. The van der Waals surface area contributed by atoms with Crippen LogP contribution in [0.3, 0.4) is 0 Å². The maximum atomic E-state index is 12.1. The molecule has 2 heterocycles. The molecule has 8 heteroatoms. The van der Waals surface area contributed by atoms with Crippen LogP contribution < -0.4 is 5.73 Å². The average molecular weight is 367 g/mol. The van der Waals surface area contributed by atoms with Gasteiger partial charge in [-0.3, -0.25) is 9.79 Å². The Bertz CT molecular complexity index is 515. The topological polar surface area (TPSA) is 91.5 Å². The summed E-state index contributed by atoms with van der Waals surface area (Å²) in [5, 5.41) is 0. The second-order valence-electron chi connectivity index (χ2n) is 7.89. The van der Waals surface area contributed by atoms with Gasteiger partial charge in [0.1, 0.15) is 5.60 Å². The molecule has 0 radical (unpaired) electrons. The third-order valence-electron chi connectivity index (χ3n) is 4.56. The van der Waals surface area contributed by atoms with Crippen LogP contribution in [0, 0.1) is 0 Å². The number of nitrogens with two attached hydrogens (primary N) is 1. The van der Waals surface area contributed by atoms with E-state index in [-0.39, 0.29) is 12.0 Å². The summed E-state index contributed by atoms with van der Waals surface area (Å²) >= 11 is 0. The fourth-order valence-electron chi connectivity index (χ4n) is 3.11. The molecule has 0 aliphatic carbocycles. The second kappa shape index (κ2) is 9.09. The molecular formula is C18H33N5O3. The zero-order valence-electron chi connectivity index (χ0n) is 16.4. The van der Waals surface area contributed by atoms with Crippen molar-refractivity contribution >= 4 is 18.0 Å². The van der Waals surface area contributed by atoms with E-state index in [0.29, 0.717) is 45.1 Å². The van der Waals surface area contributed by atoms with Gasteiger partial charge in [-0.25, -0.2) is 4.79 Å². The first-order valence-corrected chi connectivity index (χ1v) is 9.57. The molecule has 0 aromatic heterocycles. The average Bonchev–Trinajstić information content (AvgIpc) is 2.61. The van der Waals surface area contributed by atoms with E-state index < -0.39 is 5.60 Å². The summed E-state index contributed by atoms with van der Waals surface area (Å²) in [6.45, 7) is 10.1. The molecule has 0 atom stereocenters. The first-order chi connectivity index (χ1) is 12.3. The van der Waals surface area contributed by atoms with Crippen LogP contribution in [0.2, 0.25) is 0 Å². The number of hydrogen-bond donors (Lipinski definition) is 1. The molecule has 2 saturated heterocycles. The molecule has 0 aromatic rings. The van der Waals surface area contributed by atoms with Crippen LogP contribution in [0.4, 0.5) is 4.79 Å². The number of rotatable bonds is 3. The SMILES string of the molecule is CC(C)(C)OC(=O)N1CCN(C(N)=NCCC(=O)N2CCCCC2)CC1. The summed E-state index contributed by atoms with van der Waals surface area (Å²) in [7, 11) is 0. The Morgan fingerprint density at radius 2 is 1.50 bits per heavy atom. The molecule has 2 aliphatic rings. The third kappa shape index (κ3) is 6.38. The number of guanidine groups is 1. The number of amides is 2. The number of nitrogens with zero attached hydrogens (tertiary/aromatic N) is 4. The van der Waals surface area contributed by atoms with Gasteiger partial charge in [0.2, 0.25) is 5.91 Å². The standard InChI is InChI=1S/C18H33N5O3/c1-18(2,3)26-17(25)23-13-11-22(12-14-23)16(19)20-8-7-15(24)21-9-5-4-6-10-21/h4-14H2,1-3H3,(H2,19,20). The van der Waals surface area contributed by atoms with Crippen LogP contribution in [-0.2, 0) is 9.53 Å². The van der Waals surface area contributed by atoms with Crippen molar-refractivity contribution in [2.75, 3.05) is 45.8 Å². The molecule has 2 rings (SSSR count). The molecule has 0 unspecified atom stereocenters.